The lowest BCUT2D eigenvalue weighted by molar-refractivity contribution is -0.139. The molecule has 3 fully saturated rings. The minimum absolute atomic E-state index is 0. The molecule has 4 N–H and O–H groups in total. The molecule has 5 atom stereocenters. The number of hydrogen-bond acceptors (Lipinski definition) is 10. The molecule has 14 heteroatoms. The molecule has 3 aliphatic rings. The molecule has 1 aromatic heterocycles. The van der Waals surface area contributed by atoms with Crippen LogP contribution in [0.5, 0.6) is 5.19 Å². The van der Waals surface area contributed by atoms with Crippen LogP contribution < -0.4 is 21.1 Å². The Balaban J connectivity index is 0.00000131. The van der Waals surface area contributed by atoms with Crippen molar-refractivity contribution in [3.05, 3.63) is 35.9 Å². The van der Waals surface area contributed by atoms with E-state index in [9.17, 15) is 28.8 Å². The maximum atomic E-state index is 13.8. The second-order valence-electron chi connectivity index (χ2n) is 14.5. The summed E-state index contributed by atoms with van der Waals surface area (Å²) in [6.07, 6.45) is 10.2. The lowest BCUT2D eigenvalue weighted by atomic mass is 10.0. The van der Waals surface area contributed by atoms with E-state index in [1.165, 1.54) is 16.2 Å². The van der Waals surface area contributed by atoms with Gasteiger partial charge < -0.3 is 30.7 Å². The number of nitrogens with one attached hydrogen (secondary N) is 2. The normalized spacial score (nSPS) is 21.7. The van der Waals surface area contributed by atoms with Crippen LogP contribution in [0.15, 0.2) is 30.4 Å². The lowest BCUT2D eigenvalue weighted by Crippen LogP contribution is -2.53. The van der Waals surface area contributed by atoms with Crippen molar-refractivity contribution in [2.75, 3.05) is 13.6 Å². The largest absolute Gasteiger partial charge is 0.465 e. The van der Waals surface area contributed by atoms with Crippen LogP contribution in [-0.2, 0) is 28.7 Å². The molecule has 0 spiro atoms. The van der Waals surface area contributed by atoms with Gasteiger partial charge in [0.1, 0.15) is 23.8 Å². The van der Waals surface area contributed by atoms with Crippen LogP contribution in [-0.4, -0.2) is 83.1 Å². The molecule has 13 nitrogen and oxygen atoms in total. The minimum Gasteiger partial charge on any atom is -0.465 e. The molecule has 2 aromatic rings. The van der Waals surface area contributed by atoms with Gasteiger partial charge in [-0.05, 0) is 83.8 Å². The second-order valence-corrected chi connectivity index (χ2v) is 15.4. The van der Waals surface area contributed by atoms with Crippen LogP contribution in [0.25, 0.3) is 10.2 Å². The first-order valence-corrected chi connectivity index (χ1v) is 18.5. The Kier molecular flexibility index (Phi) is 13.7. The van der Waals surface area contributed by atoms with E-state index in [1.807, 2.05) is 25.1 Å². The third-order valence-corrected chi connectivity index (χ3v) is 10.1. The first kappa shape index (κ1) is 39.5. The van der Waals surface area contributed by atoms with Crippen molar-refractivity contribution in [2.45, 2.75) is 109 Å². The molecule has 2 heterocycles. The number of allylic oxidation sites excluding steroid dienone is 2. The van der Waals surface area contributed by atoms with Gasteiger partial charge in [0.2, 0.25) is 17.7 Å². The number of rotatable bonds is 15. The van der Waals surface area contributed by atoms with Gasteiger partial charge in [-0.3, -0.25) is 24.0 Å². The quantitative estimate of drug-likeness (QED) is 0.0967. The van der Waals surface area contributed by atoms with Crippen molar-refractivity contribution >= 4 is 57.4 Å². The van der Waals surface area contributed by atoms with Gasteiger partial charge in [0.15, 0.2) is 12.1 Å². The number of Topliss-reactive ketones (excluding diaryl/α,β-unsaturated/α-hetero) is 1. The van der Waals surface area contributed by atoms with Crippen molar-refractivity contribution in [3.63, 3.8) is 0 Å². The number of nitrogens with zero attached hydrogens (tertiary/aromatic N) is 2. The summed E-state index contributed by atoms with van der Waals surface area (Å²) < 4.78 is 12.6. The Hall–Kier alpha value is -4.33. The van der Waals surface area contributed by atoms with Crippen molar-refractivity contribution in [1.82, 2.24) is 20.5 Å². The molecule has 0 bridgehead atoms. The van der Waals surface area contributed by atoms with Gasteiger partial charge in [-0.25, -0.2) is 9.78 Å². The highest BCUT2D eigenvalue weighted by Crippen LogP contribution is 2.40. The third-order valence-electron chi connectivity index (χ3n) is 8.99. The fourth-order valence-corrected chi connectivity index (χ4v) is 6.95. The molecular formula is C37H57N5O8S. The summed E-state index contributed by atoms with van der Waals surface area (Å²) in [5.41, 5.74) is 6.92. The number of fused-ring (bicyclic) bond motifs is 1. The maximum Gasteiger partial charge on any atom is 0.408 e. The topological polar surface area (TPSA) is 187 Å². The fraction of sp³-hybridized carbons (Fsp3) is 0.595. The molecule has 5 rings (SSSR count). The summed E-state index contributed by atoms with van der Waals surface area (Å²) in [6, 6.07) is 4.12. The number of likely N-dealkylation sites (tertiary alicyclic amines) is 1. The molecular weight excluding hydrogens is 675 g/mol. The molecule has 1 aliphatic heterocycles. The number of benzene rings is 1. The number of nitrogens with two attached hydrogens (primary N) is 1. The number of carbonyl (C=O) groups excluding carboxylic acids is 6. The summed E-state index contributed by atoms with van der Waals surface area (Å²) in [6.45, 7) is 7.42. The van der Waals surface area contributed by atoms with Gasteiger partial charge in [0.05, 0.1) is 16.8 Å². The second kappa shape index (κ2) is 17.7. The Labute approximate surface area is 307 Å². The number of ether oxygens (including phenoxy) is 2. The number of aldehydes is 1. The molecule has 2 saturated carbocycles. The highest BCUT2D eigenvalue weighted by Gasteiger charge is 2.43. The van der Waals surface area contributed by atoms with Gasteiger partial charge in [-0.1, -0.05) is 48.5 Å². The zero-order chi connectivity index (χ0) is 37.3. The van der Waals surface area contributed by atoms with Gasteiger partial charge in [-0.2, -0.15) is 0 Å². The van der Waals surface area contributed by atoms with Crippen molar-refractivity contribution < 1.29 is 42.5 Å². The van der Waals surface area contributed by atoms with Crippen molar-refractivity contribution in [1.29, 1.82) is 0 Å². The summed E-state index contributed by atoms with van der Waals surface area (Å²) in [4.78, 5) is 76.5. The Morgan fingerprint density at radius 3 is 2.49 bits per heavy atom. The fourth-order valence-electron chi connectivity index (χ4n) is 6.00. The van der Waals surface area contributed by atoms with Crippen LogP contribution in [0, 0.1) is 24.7 Å². The minimum atomic E-state index is -0.883. The molecule has 4 amide bonds. The van der Waals surface area contributed by atoms with Gasteiger partial charge in [-0.15, -0.1) is 0 Å². The number of aromatic nitrogens is 1. The number of hydrogen-bond donors (Lipinski definition) is 3. The number of ketones is 1. The van der Waals surface area contributed by atoms with E-state index in [0.29, 0.717) is 30.2 Å². The number of thiazole rings is 1. The Morgan fingerprint density at radius 2 is 1.88 bits per heavy atom. The number of alkyl carbamates (subject to hydrolysis) is 1. The number of amides is 4. The Morgan fingerprint density at radius 1 is 1.14 bits per heavy atom. The van der Waals surface area contributed by atoms with E-state index in [4.69, 9.17) is 15.2 Å². The molecule has 0 radical (unpaired) electrons. The van der Waals surface area contributed by atoms with Crippen LogP contribution >= 0.6 is 11.3 Å². The molecule has 1 aromatic carbocycles. The van der Waals surface area contributed by atoms with E-state index in [1.54, 1.807) is 27.8 Å². The van der Waals surface area contributed by atoms with Crippen LogP contribution in [0.1, 0.15) is 88.4 Å². The molecule has 0 unspecified atom stereocenters. The summed E-state index contributed by atoms with van der Waals surface area (Å²) >= 11 is 1.43. The number of carbonyl (C=O) groups is 6. The predicted octanol–water partition coefficient (Wildman–Crippen LogP) is 5.12. The molecule has 284 valence electrons. The van der Waals surface area contributed by atoms with E-state index in [0.717, 1.165) is 54.3 Å². The smallest absolute Gasteiger partial charge is 0.408 e. The van der Waals surface area contributed by atoms with E-state index < -0.39 is 35.8 Å². The summed E-state index contributed by atoms with van der Waals surface area (Å²) in [5, 5.41) is 5.90. The molecule has 1 saturated heterocycles. The zero-order valence-corrected chi connectivity index (χ0v) is 31.0. The number of unbranched alkanes of at least 4 members (excludes halogenated alkanes) is 3. The first-order valence-electron chi connectivity index (χ1n) is 17.7. The van der Waals surface area contributed by atoms with Crippen molar-refractivity contribution in [3.8, 4) is 5.19 Å². The maximum absolute atomic E-state index is 13.8. The average molecular weight is 732 g/mol. The van der Waals surface area contributed by atoms with E-state index in [2.05, 4.69) is 27.8 Å². The highest BCUT2D eigenvalue weighted by atomic mass is 32.1. The van der Waals surface area contributed by atoms with Crippen molar-refractivity contribution in [2.24, 2.45) is 23.5 Å². The van der Waals surface area contributed by atoms with Crippen LogP contribution in [0.2, 0.25) is 0 Å². The summed E-state index contributed by atoms with van der Waals surface area (Å²) in [7, 11) is 1.66. The standard InChI is InChI=1S/C32H45N5O6S.C5H6O2.3H2/c1-19-12-11-15-23-26(19)44-31(36-23)42-21-17-25(27(33)38)37(18-21)29(40)24(35-30(41)43-32(2,3)4)14-10-8-6-7-9-13-20-16-22(20)28(39)34-5;6-3-5(7)4-1-2-4;;;/h9,11-13,15,20-22,24-25H,6-8,10,14,16-18H2,1-5H3,(H2,33,38)(H,34,39)(H,35,41);3-4H,1-2H2;3*1H/b13-9-;;;;/t20-,21-,22+,24+,25+;;;;/m1..../s1. The zero-order valence-electron chi connectivity index (χ0n) is 30.1. The predicted molar refractivity (Wildman–Crippen MR) is 199 cm³/mol. The number of primary amides is 1. The molecule has 51 heavy (non-hydrogen) atoms. The monoisotopic (exact) mass is 731 g/mol. The average Bonchev–Trinajstić information content (AvgIpc) is 3.99. The number of aryl methyl sites for hydroxylation is 1. The summed E-state index contributed by atoms with van der Waals surface area (Å²) in [5.74, 6) is -0.625. The molecule has 2 aliphatic carbocycles. The Bertz CT molecular complexity index is 1630. The van der Waals surface area contributed by atoms with Gasteiger partial charge in [0.25, 0.3) is 5.19 Å². The van der Waals surface area contributed by atoms with E-state index >= 15 is 0 Å². The van der Waals surface area contributed by atoms with Crippen LogP contribution in [0.3, 0.4) is 0 Å². The first-order chi connectivity index (χ1) is 24.2. The van der Waals surface area contributed by atoms with Crippen LogP contribution in [0.4, 0.5) is 4.79 Å². The lowest BCUT2D eigenvalue weighted by Gasteiger charge is -2.28. The van der Waals surface area contributed by atoms with E-state index in [-0.39, 0.29) is 46.7 Å². The SMILES string of the molecule is CNC(=O)[C@H]1C[C@H]1/C=C\CCCCC[C@H](NC(=O)OC(C)(C)C)C(=O)N1C[C@H](Oc2nc3cccc(C)c3s2)C[C@H]1C(N)=O.O=CC(=O)C1CC1.[HH].[HH].[HH]. The van der Waals surface area contributed by atoms with Gasteiger partial charge >= 0.3 is 6.09 Å². The highest BCUT2D eigenvalue weighted by molar-refractivity contribution is 7.20. The third kappa shape index (κ3) is 11.9. The van der Waals surface area contributed by atoms with Gasteiger partial charge in [0, 0.05) is 29.6 Å².